The molecule has 0 aliphatic heterocycles. The summed E-state index contributed by atoms with van der Waals surface area (Å²) in [5.41, 5.74) is 0. The van der Waals surface area contributed by atoms with Crippen LogP contribution in [-0.4, -0.2) is 29.4 Å². The van der Waals surface area contributed by atoms with E-state index < -0.39 is 9.17 Å². The van der Waals surface area contributed by atoms with Gasteiger partial charge < -0.3 is 14.1 Å². The van der Waals surface area contributed by atoms with Gasteiger partial charge in [-0.2, -0.15) is 0 Å². The fourth-order valence-corrected chi connectivity index (χ4v) is 0. The summed E-state index contributed by atoms with van der Waals surface area (Å²) < 4.78 is 8.52. The molecule has 0 saturated heterocycles. The summed E-state index contributed by atoms with van der Waals surface area (Å²) in [7, 11) is -3.63. The largest absolute Gasteiger partial charge is 2.00 e. The predicted molar refractivity (Wildman–Crippen MR) is 17.9 cm³/mol. The molecule has 0 amide bonds. The van der Waals surface area contributed by atoms with Gasteiger partial charge in [-0.1, -0.05) is 0 Å². The van der Waals surface area contributed by atoms with Crippen molar-refractivity contribution in [2.75, 3.05) is 0 Å². The Bertz CT molecular complexity index is 31.8. The molecule has 6 heavy (non-hydrogen) atoms. The van der Waals surface area contributed by atoms with Crippen LogP contribution in [0.15, 0.2) is 0 Å². The van der Waals surface area contributed by atoms with Crippen molar-refractivity contribution in [3.8, 4) is 0 Å². The summed E-state index contributed by atoms with van der Waals surface area (Å²) in [6.45, 7) is 0. The molecule has 0 radical (unpaired) electrons. The monoisotopic (exact) mass is 94.0 g/mol. The third kappa shape index (κ3) is 16700. The Labute approximate surface area is 44.3 Å². The van der Waals surface area contributed by atoms with Gasteiger partial charge in [0.15, 0.2) is 0 Å². The third-order valence-electron chi connectivity index (χ3n) is 0. The van der Waals surface area contributed by atoms with E-state index >= 15 is 0 Å². The van der Waals surface area contributed by atoms with E-state index in [2.05, 4.69) is 0 Å². The molecule has 0 bridgehead atoms. The van der Waals surface area contributed by atoms with Gasteiger partial charge in [0.1, 0.15) is 0 Å². The third-order valence-corrected chi connectivity index (χ3v) is 0. The van der Waals surface area contributed by atoms with E-state index in [1.807, 2.05) is 0 Å². The van der Waals surface area contributed by atoms with Gasteiger partial charge in [-0.3, -0.25) is 0 Å². The van der Waals surface area contributed by atoms with Crippen molar-refractivity contribution in [3.05, 3.63) is 0 Å². The molecule has 0 atom stereocenters. The topological polar surface area (TPSA) is 63.2 Å². The van der Waals surface area contributed by atoms with E-state index in [0.717, 1.165) is 0 Å². The van der Waals surface area contributed by atoms with Gasteiger partial charge in [0.25, 0.3) is 0 Å². The molecule has 0 heterocycles. The first-order chi connectivity index (χ1) is 1.73. The number of hydrogen-bond donors (Lipinski definition) is 0. The second kappa shape index (κ2) is 8.88. The van der Waals surface area contributed by atoms with Crippen molar-refractivity contribution in [1.82, 2.24) is 0 Å². The van der Waals surface area contributed by atoms with E-state index in [0.29, 0.717) is 0 Å². The predicted octanol–water partition coefficient (Wildman–Crippen LogP) is -3.64. The molecule has 0 aliphatic rings. The van der Waals surface area contributed by atoms with Crippen LogP contribution in [0.3, 0.4) is 0 Å². The molecular formula is Be2O3Si+2. The Balaban J connectivity index is -0.0000000450. The minimum Gasteiger partial charge on any atom is -0.672 e. The minimum absolute atomic E-state index is 0. The second-order valence-corrected chi connectivity index (χ2v) is 0.750. The maximum Gasteiger partial charge on any atom is 2.00 e. The summed E-state index contributed by atoms with van der Waals surface area (Å²) in [6.07, 6.45) is 0. The van der Waals surface area contributed by atoms with Crippen molar-refractivity contribution < 1.29 is 14.1 Å². The Morgan fingerprint density at radius 3 is 1.17 bits per heavy atom. The zero-order valence-electron chi connectivity index (χ0n) is 3.14. The zero-order chi connectivity index (χ0) is 3.58. The summed E-state index contributed by atoms with van der Waals surface area (Å²) >= 11 is 0. The first-order valence-corrected chi connectivity index (χ1v) is 1.84. The first kappa shape index (κ1) is 16.7. The van der Waals surface area contributed by atoms with Crippen LogP contribution in [0.5, 0.6) is 0 Å². The first-order valence-electron chi connectivity index (χ1n) is 0.612. The fraction of sp³-hybridized carbons (Fsp3) is 0. The Morgan fingerprint density at radius 2 is 1.17 bits per heavy atom. The summed E-state index contributed by atoms with van der Waals surface area (Å²) in [5, 5.41) is 0. The molecule has 24 valence electrons. The fourth-order valence-electron chi connectivity index (χ4n) is 0. The van der Waals surface area contributed by atoms with Gasteiger partial charge in [-0.05, 0) is 0 Å². The summed E-state index contributed by atoms with van der Waals surface area (Å²) in [4.78, 5) is 17.0. The molecule has 0 N–H and O–H groups in total. The maximum absolute atomic E-state index is 8.52. The normalized spacial score (nSPS) is 4.00. The Morgan fingerprint density at radius 1 is 1.17 bits per heavy atom. The van der Waals surface area contributed by atoms with Crippen molar-refractivity contribution >= 4 is 29.4 Å². The van der Waals surface area contributed by atoms with Crippen molar-refractivity contribution in [1.29, 1.82) is 0 Å². The van der Waals surface area contributed by atoms with Crippen LogP contribution in [0, 0.1) is 0 Å². The average Bonchev–Trinajstić information content (AvgIpc) is 0.811. The SMILES string of the molecule is O=[Si]([O-])[O-].[Be+2].[Be+2]. The Hall–Kier alpha value is -0.0455. The molecule has 0 aromatic heterocycles. The molecule has 0 saturated carbocycles. The van der Waals surface area contributed by atoms with Crippen LogP contribution >= 0.6 is 0 Å². The van der Waals surface area contributed by atoms with Gasteiger partial charge in [-0.25, -0.2) is 0 Å². The molecule has 0 spiro atoms. The number of hydrogen-bond acceptors (Lipinski definition) is 3. The smallest absolute Gasteiger partial charge is 0.672 e. The molecule has 0 aromatic rings. The van der Waals surface area contributed by atoms with E-state index in [9.17, 15) is 0 Å². The zero-order valence-corrected chi connectivity index (χ0v) is 4.14. The van der Waals surface area contributed by atoms with Crippen LogP contribution in [-0.2, 0) is 4.46 Å². The van der Waals surface area contributed by atoms with Crippen molar-refractivity contribution in [3.63, 3.8) is 0 Å². The van der Waals surface area contributed by atoms with Crippen LogP contribution < -0.4 is 9.59 Å². The summed E-state index contributed by atoms with van der Waals surface area (Å²) in [6, 6.07) is 0. The van der Waals surface area contributed by atoms with Gasteiger partial charge >= 0.3 is 20.2 Å². The average molecular weight is 94.1 g/mol. The molecular weight excluding hydrogens is 94.1 g/mol. The van der Waals surface area contributed by atoms with Gasteiger partial charge in [0.2, 0.25) is 0 Å². The maximum atomic E-state index is 8.52. The van der Waals surface area contributed by atoms with Gasteiger partial charge in [0.05, 0.1) is 0 Å². The molecule has 0 aromatic carbocycles. The Kier molecular flexibility index (Phi) is 24.8. The van der Waals surface area contributed by atoms with Gasteiger partial charge in [0, 0.05) is 9.17 Å². The van der Waals surface area contributed by atoms with E-state index in [1.54, 1.807) is 0 Å². The molecule has 0 rings (SSSR count). The van der Waals surface area contributed by atoms with Crippen LogP contribution in [0.1, 0.15) is 0 Å². The minimum atomic E-state index is -3.63. The van der Waals surface area contributed by atoms with Crippen LogP contribution in [0.25, 0.3) is 0 Å². The van der Waals surface area contributed by atoms with E-state index in [-0.39, 0.29) is 20.2 Å². The second-order valence-electron chi connectivity index (χ2n) is 0.250. The van der Waals surface area contributed by atoms with Crippen molar-refractivity contribution in [2.45, 2.75) is 0 Å². The van der Waals surface area contributed by atoms with Gasteiger partial charge in [-0.15, -0.1) is 0 Å². The molecule has 0 fully saturated rings. The molecule has 3 nitrogen and oxygen atoms in total. The van der Waals surface area contributed by atoms with Crippen LogP contribution in [0.4, 0.5) is 0 Å². The van der Waals surface area contributed by atoms with Crippen molar-refractivity contribution in [2.24, 2.45) is 0 Å². The van der Waals surface area contributed by atoms with E-state index in [1.165, 1.54) is 0 Å². The van der Waals surface area contributed by atoms with E-state index in [4.69, 9.17) is 14.1 Å². The molecule has 0 aliphatic carbocycles. The summed E-state index contributed by atoms with van der Waals surface area (Å²) in [5.74, 6) is 0. The standard InChI is InChI=1S/2Be.O3Si/c;;1-4(2)3/q2*+2;-2. The molecule has 6 heteroatoms. The number of rotatable bonds is 0. The molecule has 0 unspecified atom stereocenters. The quantitative estimate of drug-likeness (QED) is 0.291. The van der Waals surface area contributed by atoms with Crippen LogP contribution in [0.2, 0.25) is 0 Å².